The molecule has 0 radical (unpaired) electrons. The lowest BCUT2D eigenvalue weighted by Crippen LogP contribution is -2.45. The summed E-state index contributed by atoms with van der Waals surface area (Å²) in [5.74, 6) is 1.83. The van der Waals surface area contributed by atoms with Crippen molar-refractivity contribution in [2.45, 2.75) is 64.5 Å². The lowest BCUT2D eigenvalue weighted by Gasteiger charge is -2.31. The van der Waals surface area contributed by atoms with Crippen molar-refractivity contribution >= 4 is 6.03 Å². The van der Waals surface area contributed by atoms with Crippen LogP contribution >= 0.6 is 0 Å². The van der Waals surface area contributed by atoms with Crippen molar-refractivity contribution in [3.05, 3.63) is 18.2 Å². The largest absolute Gasteiger partial charge is 0.338 e. The van der Waals surface area contributed by atoms with Crippen molar-refractivity contribution in [3.8, 4) is 0 Å². The lowest BCUT2D eigenvalue weighted by molar-refractivity contribution is 0.170. The molecule has 5 heteroatoms. The molecule has 22 heavy (non-hydrogen) atoms. The Bertz CT molecular complexity index is 499. The number of carbonyl (C=O) groups is 1. The summed E-state index contributed by atoms with van der Waals surface area (Å²) in [5, 5.41) is 3.11. The van der Waals surface area contributed by atoms with Gasteiger partial charge in [0.05, 0.1) is 0 Å². The number of rotatable bonds is 5. The van der Waals surface area contributed by atoms with Gasteiger partial charge in [-0.1, -0.05) is 12.8 Å². The number of imidazole rings is 1. The number of likely N-dealkylation sites (tertiary alicyclic amines) is 1. The third-order valence-corrected chi connectivity index (χ3v) is 5.30. The van der Waals surface area contributed by atoms with E-state index >= 15 is 0 Å². The molecule has 3 rings (SSSR count). The summed E-state index contributed by atoms with van der Waals surface area (Å²) in [4.78, 5) is 18.7. The molecule has 1 aliphatic heterocycles. The number of unbranched alkanes of at least 4 members (excludes halogenated alkanes) is 1. The Morgan fingerprint density at radius 2 is 2.18 bits per heavy atom. The average molecular weight is 304 g/mol. The minimum Gasteiger partial charge on any atom is -0.338 e. The highest BCUT2D eigenvalue weighted by Crippen LogP contribution is 2.35. The first-order valence-corrected chi connectivity index (χ1v) is 8.78. The Labute approximate surface area is 133 Å². The molecule has 2 amide bonds. The predicted molar refractivity (Wildman–Crippen MR) is 86.7 cm³/mol. The third kappa shape index (κ3) is 3.45. The zero-order valence-electron chi connectivity index (χ0n) is 13.6. The average Bonchev–Trinajstić information content (AvgIpc) is 3.13. The molecule has 5 nitrogen and oxygen atoms in total. The van der Waals surface area contributed by atoms with E-state index in [-0.39, 0.29) is 6.03 Å². The van der Waals surface area contributed by atoms with Gasteiger partial charge in [-0.05, 0) is 44.9 Å². The maximum Gasteiger partial charge on any atom is 0.317 e. The minimum absolute atomic E-state index is 0.160. The van der Waals surface area contributed by atoms with Crippen LogP contribution in [0.3, 0.4) is 0 Å². The second-order valence-corrected chi connectivity index (χ2v) is 6.70. The van der Waals surface area contributed by atoms with E-state index in [2.05, 4.69) is 19.8 Å². The SMILES string of the molecule is Cc1nccn1CCCCNC(=O)N1CC[C@@H]2CCCC[C@@H]21. The molecule has 1 aromatic rings. The Morgan fingerprint density at radius 1 is 1.32 bits per heavy atom. The Balaban J connectivity index is 1.35. The van der Waals surface area contributed by atoms with Gasteiger partial charge in [-0.3, -0.25) is 0 Å². The zero-order valence-corrected chi connectivity index (χ0v) is 13.6. The van der Waals surface area contributed by atoms with Crippen molar-refractivity contribution in [1.29, 1.82) is 0 Å². The molecular formula is C17H28N4O. The van der Waals surface area contributed by atoms with Gasteiger partial charge in [0.25, 0.3) is 0 Å². The predicted octanol–water partition coefficient (Wildman–Crippen LogP) is 2.95. The smallest absolute Gasteiger partial charge is 0.317 e. The summed E-state index contributed by atoms with van der Waals surface area (Å²) in [7, 11) is 0. The molecule has 122 valence electrons. The van der Waals surface area contributed by atoms with Crippen LogP contribution in [-0.4, -0.2) is 39.6 Å². The van der Waals surface area contributed by atoms with Gasteiger partial charge in [-0.2, -0.15) is 0 Å². The number of amides is 2. The molecule has 1 saturated carbocycles. The quantitative estimate of drug-likeness (QED) is 0.850. The fourth-order valence-electron chi connectivity index (χ4n) is 4.00. The van der Waals surface area contributed by atoms with Crippen LogP contribution in [0, 0.1) is 12.8 Å². The molecular weight excluding hydrogens is 276 g/mol. The number of aryl methyl sites for hydroxylation is 2. The van der Waals surface area contributed by atoms with Gasteiger partial charge in [-0.15, -0.1) is 0 Å². The molecule has 1 saturated heterocycles. The number of carbonyl (C=O) groups excluding carboxylic acids is 1. The van der Waals surface area contributed by atoms with Crippen molar-refractivity contribution < 1.29 is 4.79 Å². The van der Waals surface area contributed by atoms with Crippen molar-refractivity contribution in [2.75, 3.05) is 13.1 Å². The highest BCUT2D eigenvalue weighted by atomic mass is 16.2. The van der Waals surface area contributed by atoms with Crippen molar-refractivity contribution in [1.82, 2.24) is 19.8 Å². The van der Waals surface area contributed by atoms with E-state index in [1.807, 2.05) is 19.3 Å². The molecule has 0 unspecified atom stereocenters. The van der Waals surface area contributed by atoms with E-state index in [1.165, 1.54) is 32.1 Å². The Hall–Kier alpha value is -1.52. The number of fused-ring (bicyclic) bond motifs is 1. The van der Waals surface area contributed by atoms with E-state index in [0.717, 1.165) is 44.2 Å². The number of urea groups is 1. The van der Waals surface area contributed by atoms with E-state index in [9.17, 15) is 4.79 Å². The Morgan fingerprint density at radius 3 is 3.00 bits per heavy atom. The van der Waals surface area contributed by atoms with E-state index in [1.54, 1.807) is 0 Å². The van der Waals surface area contributed by atoms with Gasteiger partial charge in [0.15, 0.2) is 0 Å². The van der Waals surface area contributed by atoms with Crippen LogP contribution in [-0.2, 0) is 6.54 Å². The summed E-state index contributed by atoms with van der Waals surface area (Å²) in [5.41, 5.74) is 0. The van der Waals surface area contributed by atoms with Crippen LogP contribution in [0.15, 0.2) is 12.4 Å². The molecule has 0 bridgehead atoms. The molecule has 2 atom stereocenters. The summed E-state index contributed by atoms with van der Waals surface area (Å²) in [6, 6.07) is 0.676. The maximum absolute atomic E-state index is 12.3. The summed E-state index contributed by atoms with van der Waals surface area (Å²) >= 11 is 0. The fourth-order valence-corrected chi connectivity index (χ4v) is 4.00. The van der Waals surface area contributed by atoms with Crippen LogP contribution in [0.4, 0.5) is 4.79 Å². The topological polar surface area (TPSA) is 50.2 Å². The number of aromatic nitrogens is 2. The van der Waals surface area contributed by atoms with Gasteiger partial charge in [0.1, 0.15) is 5.82 Å². The second-order valence-electron chi connectivity index (χ2n) is 6.70. The van der Waals surface area contributed by atoms with Crippen LogP contribution < -0.4 is 5.32 Å². The molecule has 1 aliphatic carbocycles. The van der Waals surface area contributed by atoms with Gasteiger partial charge >= 0.3 is 6.03 Å². The molecule has 1 N–H and O–H groups in total. The summed E-state index contributed by atoms with van der Waals surface area (Å²) in [6.45, 7) is 4.74. The first-order chi connectivity index (χ1) is 10.8. The number of nitrogens with zero attached hydrogens (tertiary/aromatic N) is 3. The van der Waals surface area contributed by atoms with Crippen LogP contribution in [0.25, 0.3) is 0 Å². The highest BCUT2D eigenvalue weighted by molar-refractivity contribution is 5.74. The Kier molecular flexibility index (Phi) is 5.01. The summed E-state index contributed by atoms with van der Waals surface area (Å²) in [6.07, 6.45) is 12.3. The number of hydrogen-bond donors (Lipinski definition) is 1. The molecule has 1 aromatic heterocycles. The van der Waals surface area contributed by atoms with Crippen LogP contribution in [0.1, 0.15) is 50.8 Å². The van der Waals surface area contributed by atoms with E-state index < -0.39 is 0 Å². The number of nitrogens with one attached hydrogen (secondary N) is 1. The van der Waals surface area contributed by atoms with E-state index in [4.69, 9.17) is 0 Å². The first kappa shape index (κ1) is 15.4. The number of hydrogen-bond acceptors (Lipinski definition) is 2. The molecule has 2 aliphatic rings. The van der Waals surface area contributed by atoms with Gasteiger partial charge in [0, 0.05) is 38.1 Å². The molecule has 2 heterocycles. The monoisotopic (exact) mass is 304 g/mol. The minimum atomic E-state index is 0.160. The van der Waals surface area contributed by atoms with Crippen molar-refractivity contribution in [3.63, 3.8) is 0 Å². The molecule has 0 aromatic carbocycles. The zero-order chi connectivity index (χ0) is 15.4. The van der Waals surface area contributed by atoms with Crippen molar-refractivity contribution in [2.24, 2.45) is 5.92 Å². The third-order valence-electron chi connectivity index (χ3n) is 5.30. The van der Waals surface area contributed by atoms with Crippen LogP contribution in [0.5, 0.6) is 0 Å². The fraction of sp³-hybridized carbons (Fsp3) is 0.765. The second kappa shape index (κ2) is 7.16. The van der Waals surface area contributed by atoms with E-state index in [0.29, 0.717) is 6.04 Å². The summed E-state index contributed by atoms with van der Waals surface area (Å²) < 4.78 is 2.16. The highest BCUT2D eigenvalue weighted by Gasteiger charge is 2.37. The lowest BCUT2D eigenvalue weighted by atomic mass is 9.85. The van der Waals surface area contributed by atoms with Gasteiger partial charge in [-0.25, -0.2) is 9.78 Å². The standard InChI is InChI=1S/C17H28N4O/c1-14-18-10-13-20(14)11-5-4-9-19-17(22)21-12-8-15-6-2-3-7-16(15)21/h10,13,15-16H,2-9,11-12H2,1H3,(H,19,22)/t15-,16-/m0/s1. The molecule has 2 fully saturated rings. The first-order valence-electron chi connectivity index (χ1n) is 8.78. The van der Waals surface area contributed by atoms with Gasteiger partial charge < -0.3 is 14.8 Å². The van der Waals surface area contributed by atoms with Crippen LogP contribution in [0.2, 0.25) is 0 Å². The molecule has 0 spiro atoms. The maximum atomic E-state index is 12.3. The normalized spacial score (nSPS) is 24.3. The van der Waals surface area contributed by atoms with Gasteiger partial charge in [0.2, 0.25) is 0 Å².